The number of imidazole rings is 1. The van der Waals surface area contributed by atoms with E-state index in [1.54, 1.807) is 41.7 Å². The van der Waals surface area contributed by atoms with Crippen molar-refractivity contribution in [1.82, 2.24) is 14.5 Å². The standard InChI is InChI=1S/C23H20BrN3O3/c24-18-10-5-4-9-17(18)20-19(21(28)16-7-2-1-3-8-16)22(29)23(30)27(20)13-6-12-26-14-11-25-15-26/h1-5,7-11,14-15,20,28H,6,12-13H2/b21-19-. The van der Waals surface area contributed by atoms with E-state index < -0.39 is 17.7 Å². The molecule has 0 bridgehead atoms. The van der Waals surface area contributed by atoms with Crippen LogP contribution in [-0.2, 0) is 16.1 Å². The van der Waals surface area contributed by atoms with Gasteiger partial charge in [-0.2, -0.15) is 0 Å². The minimum Gasteiger partial charge on any atom is -0.507 e. The molecule has 0 radical (unpaired) electrons. The lowest BCUT2D eigenvalue weighted by Crippen LogP contribution is -2.31. The molecule has 1 fully saturated rings. The lowest BCUT2D eigenvalue weighted by molar-refractivity contribution is -0.140. The Balaban J connectivity index is 1.74. The molecule has 3 aromatic rings. The van der Waals surface area contributed by atoms with Gasteiger partial charge in [-0.05, 0) is 18.1 Å². The number of halogens is 1. The number of benzene rings is 2. The molecular weight excluding hydrogens is 446 g/mol. The zero-order chi connectivity index (χ0) is 21.1. The van der Waals surface area contributed by atoms with Crippen LogP contribution in [0.1, 0.15) is 23.6 Å². The summed E-state index contributed by atoms with van der Waals surface area (Å²) in [6.07, 6.45) is 5.92. The van der Waals surface area contributed by atoms with E-state index in [4.69, 9.17) is 0 Å². The largest absolute Gasteiger partial charge is 0.507 e. The number of amides is 1. The Morgan fingerprint density at radius 1 is 1.03 bits per heavy atom. The van der Waals surface area contributed by atoms with Gasteiger partial charge in [-0.1, -0.05) is 64.5 Å². The second kappa shape index (κ2) is 8.67. The highest BCUT2D eigenvalue weighted by molar-refractivity contribution is 9.10. The van der Waals surface area contributed by atoms with Crippen LogP contribution < -0.4 is 0 Å². The van der Waals surface area contributed by atoms with Crippen molar-refractivity contribution >= 4 is 33.4 Å². The number of rotatable bonds is 6. The Kier molecular flexibility index (Phi) is 5.81. The van der Waals surface area contributed by atoms with Crippen LogP contribution in [0, 0.1) is 0 Å². The molecule has 0 aliphatic carbocycles. The molecule has 1 unspecified atom stereocenters. The van der Waals surface area contributed by atoms with Crippen LogP contribution in [0.15, 0.2) is 83.4 Å². The van der Waals surface area contributed by atoms with Gasteiger partial charge >= 0.3 is 0 Å². The summed E-state index contributed by atoms with van der Waals surface area (Å²) in [4.78, 5) is 31.5. The SMILES string of the molecule is O=C1C(=O)N(CCCn2ccnc2)C(c2ccccc2Br)/C1=C(/O)c1ccccc1. The number of ketones is 1. The quantitative estimate of drug-likeness (QED) is 0.337. The first-order chi connectivity index (χ1) is 14.6. The summed E-state index contributed by atoms with van der Waals surface area (Å²) in [6, 6.07) is 15.6. The Hall–Kier alpha value is -3.19. The van der Waals surface area contributed by atoms with Crippen LogP contribution in [0.5, 0.6) is 0 Å². The van der Waals surface area contributed by atoms with Gasteiger partial charge in [0.1, 0.15) is 5.76 Å². The Labute approximate surface area is 182 Å². The van der Waals surface area contributed by atoms with Crippen molar-refractivity contribution in [1.29, 1.82) is 0 Å². The van der Waals surface area contributed by atoms with E-state index in [-0.39, 0.29) is 11.3 Å². The molecule has 1 aliphatic rings. The second-order valence-electron chi connectivity index (χ2n) is 7.03. The molecular formula is C23H20BrN3O3. The normalized spacial score (nSPS) is 18.2. The first-order valence-corrected chi connectivity index (χ1v) is 10.4. The van der Waals surface area contributed by atoms with E-state index in [0.717, 1.165) is 10.0 Å². The zero-order valence-corrected chi connectivity index (χ0v) is 17.7. The summed E-state index contributed by atoms with van der Waals surface area (Å²) in [5.74, 6) is -1.43. The predicted molar refractivity (Wildman–Crippen MR) is 116 cm³/mol. The predicted octanol–water partition coefficient (Wildman–Crippen LogP) is 4.16. The van der Waals surface area contributed by atoms with Crippen LogP contribution in [0.4, 0.5) is 0 Å². The fourth-order valence-corrected chi connectivity index (χ4v) is 4.23. The number of aliphatic hydroxyl groups excluding tert-OH is 1. The maximum atomic E-state index is 13.0. The van der Waals surface area contributed by atoms with Crippen LogP contribution in [0.3, 0.4) is 0 Å². The smallest absolute Gasteiger partial charge is 0.295 e. The highest BCUT2D eigenvalue weighted by Gasteiger charge is 2.46. The first kappa shape index (κ1) is 20.1. The van der Waals surface area contributed by atoms with Crippen LogP contribution >= 0.6 is 15.9 Å². The first-order valence-electron chi connectivity index (χ1n) is 9.62. The van der Waals surface area contributed by atoms with Gasteiger partial charge in [0.2, 0.25) is 0 Å². The molecule has 30 heavy (non-hydrogen) atoms. The number of aliphatic hydroxyl groups is 1. The van der Waals surface area contributed by atoms with Gasteiger partial charge in [0.15, 0.2) is 0 Å². The van der Waals surface area contributed by atoms with Gasteiger partial charge in [-0.25, -0.2) is 4.98 Å². The average molecular weight is 466 g/mol. The number of nitrogens with zero attached hydrogens (tertiary/aromatic N) is 3. The molecule has 6 nitrogen and oxygen atoms in total. The van der Waals surface area contributed by atoms with Gasteiger partial charge in [-0.15, -0.1) is 0 Å². The molecule has 1 atom stereocenters. The van der Waals surface area contributed by atoms with Gasteiger partial charge in [0, 0.05) is 35.5 Å². The summed E-state index contributed by atoms with van der Waals surface area (Å²) in [7, 11) is 0. The monoisotopic (exact) mass is 465 g/mol. The van der Waals surface area contributed by atoms with Crippen LogP contribution in [0.2, 0.25) is 0 Å². The highest BCUT2D eigenvalue weighted by atomic mass is 79.9. The molecule has 1 amide bonds. The maximum Gasteiger partial charge on any atom is 0.295 e. The van der Waals surface area contributed by atoms with Crippen molar-refractivity contribution in [2.75, 3.05) is 6.54 Å². The van der Waals surface area contributed by atoms with Crippen LogP contribution in [-0.4, -0.2) is 37.8 Å². The summed E-state index contributed by atoms with van der Waals surface area (Å²) >= 11 is 3.54. The minimum absolute atomic E-state index is 0.112. The Morgan fingerprint density at radius 2 is 1.77 bits per heavy atom. The van der Waals surface area contributed by atoms with Crippen molar-refractivity contribution in [2.24, 2.45) is 0 Å². The van der Waals surface area contributed by atoms with Crippen molar-refractivity contribution in [3.8, 4) is 0 Å². The minimum atomic E-state index is -0.667. The number of hydrogen-bond donors (Lipinski definition) is 1. The topological polar surface area (TPSA) is 75.4 Å². The van der Waals surface area contributed by atoms with E-state index in [2.05, 4.69) is 20.9 Å². The number of carbonyl (C=O) groups is 2. The van der Waals surface area contributed by atoms with Gasteiger partial charge in [0.05, 0.1) is 17.9 Å². The molecule has 2 aromatic carbocycles. The lowest BCUT2D eigenvalue weighted by Gasteiger charge is -2.26. The zero-order valence-electron chi connectivity index (χ0n) is 16.1. The van der Waals surface area contributed by atoms with Gasteiger partial charge < -0.3 is 14.6 Å². The van der Waals surface area contributed by atoms with Crippen LogP contribution in [0.25, 0.3) is 5.76 Å². The Morgan fingerprint density at radius 3 is 2.47 bits per heavy atom. The number of aromatic nitrogens is 2. The molecule has 2 heterocycles. The molecule has 152 valence electrons. The molecule has 0 spiro atoms. The molecule has 1 aromatic heterocycles. The molecule has 1 aliphatic heterocycles. The summed E-state index contributed by atoms with van der Waals surface area (Å²) in [5.41, 5.74) is 1.38. The number of Topliss-reactive ketones (excluding diaryl/α,β-unsaturated/α-hetero) is 1. The van der Waals surface area contributed by atoms with E-state index >= 15 is 0 Å². The lowest BCUT2D eigenvalue weighted by atomic mass is 9.95. The third-order valence-corrected chi connectivity index (χ3v) is 5.88. The molecule has 1 N–H and O–H groups in total. The molecule has 1 saturated heterocycles. The summed E-state index contributed by atoms with van der Waals surface area (Å²) in [5, 5.41) is 11.0. The maximum absolute atomic E-state index is 13.0. The third kappa shape index (κ3) is 3.80. The van der Waals surface area contributed by atoms with Crippen molar-refractivity contribution < 1.29 is 14.7 Å². The summed E-state index contributed by atoms with van der Waals surface area (Å²) in [6.45, 7) is 1.05. The summed E-state index contributed by atoms with van der Waals surface area (Å²) < 4.78 is 2.70. The van der Waals surface area contributed by atoms with Gasteiger partial charge in [-0.3, -0.25) is 9.59 Å². The number of aryl methyl sites for hydroxylation is 1. The van der Waals surface area contributed by atoms with Gasteiger partial charge in [0.25, 0.3) is 11.7 Å². The number of hydrogen-bond acceptors (Lipinski definition) is 4. The highest BCUT2D eigenvalue weighted by Crippen LogP contribution is 2.41. The number of carbonyl (C=O) groups excluding carboxylic acids is 2. The Bertz CT molecular complexity index is 1090. The van der Waals surface area contributed by atoms with E-state index in [1.165, 1.54) is 0 Å². The van der Waals surface area contributed by atoms with Crippen molar-refractivity contribution in [2.45, 2.75) is 19.0 Å². The molecule has 7 heteroatoms. The third-order valence-electron chi connectivity index (χ3n) is 5.16. The average Bonchev–Trinajstić information content (AvgIpc) is 3.37. The number of likely N-dealkylation sites (tertiary alicyclic amines) is 1. The fraction of sp³-hybridized carbons (Fsp3) is 0.174. The van der Waals surface area contributed by atoms with E-state index in [9.17, 15) is 14.7 Å². The fourth-order valence-electron chi connectivity index (χ4n) is 3.72. The molecule has 4 rings (SSSR count). The van der Waals surface area contributed by atoms with E-state index in [0.29, 0.717) is 25.1 Å². The van der Waals surface area contributed by atoms with Crippen molar-refractivity contribution in [3.05, 3.63) is 94.5 Å². The molecule has 0 saturated carbocycles. The van der Waals surface area contributed by atoms with Crippen molar-refractivity contribution in [3.63, 3.8) is 0 Å². The van der Waals surface area contributed by atoms with E-state index in [1.807, 2.05) is 41.1 Å². The second-order valence-corrected chi connectivity index (χ2v) is 7.89.